The van der Waals surface area contributed by atoms with Gasteiger partial charge in [0.05, 0.1) is 31.5 Å². The van der Waals surface area contributed by atoms with Crippen LogP contribution in [-0.4, -0.2) is 67.7 Å². The van der Waals surface area contributed by atoms with E-state index < -0.39 is 0 Å². The summed E-state index contributed by atoms with van der Waals surface area (Å²) < 4.78 is 14.1. The lowest BCUT2D eigenvalue weighted by molar-refractivity contribution is -0.132. The van der Waals surface area contributed by atoms with Crippen molar-refractivity contribution in [3.8, 4) is 0 Å². The fraction of sp³-hybridized carbons (Fsp3) is 0.478. The normalized spacial score (nSPS) is 17.6. The first-order valence-electron chi connectivity index (χ1n) is 11.1. The molecular weight excluding hydrogens is 440 g/mol. The highest BCUT2D eigenvalue weighted by atomic mass is 32.2. The Kier molecular flexibility index (Phi) is 7.79. The summed E-state index contributed by atoms with van der Waals surface area (Å²) in [6.45, 7) is 7.47. The molecule has 0 saturated carbocycles. The number of carbonyl (C=O) groups is 1. The molecule has 0 bridgehead atoms. The van der Waals surface area contributed by atoms with Crippen LogP contribution in [0.2, 0.25) is 0 Å². The Morgan fingerprint density at radius 1 is 1.24 bits per heavy atom. The first-order valence-corrected chi connectivity index (χ1v) is 11.9. The van der Waals surface area contributed by atoms with E-state index in [-0.39, 0.29) is 12.0 Å². The Hall–Kier alpha value is -2.69. The molecule has 0 radical (unpaired) electrons. The van der Waals surface area contributed by atoms with Gasteiger partial charge in [0.15, 0.2) is 10.2 Å². The van der Waals surface area contributed by atoms with Gasteiger partial charge in [-0.2, -0.15) is 0 Å². The van der Waals surface area contributed by atoms with Gasteiger partial charge in [-0.05, 0) is 41.9 Å². The van der Waals surface area contributed by atoms with Gasteiger partial charge in [-0.3, -0.25) is 14.7 Å². The zero-order chi connectivity index (χ0) is 23.2. The van der Waals surface area contributed by atoms with E-state index in [0.717, 1.165) is 28.2 Å². The maximum atomic E-state index is 13.0. The van der Waals surface area contributed by atoms with Gasteiger partial charge < -0.3 is 18.6 Å². The number of hydrogen-bond donors (Lipinski definition) is 0. The molecule has 3 aromatic heterocycles. The summed E-state index contributed by atoms with van der Waals surface area (Å²) in [4.78, 5) is 21.4. The van der Waals surface area contributed by atoms with E-state index in [9.17, 15) is 4.79 Å². The summed E-state index contributed by atoms with van der Waals surface area (Å²) in [6, 6.07) is 9.66. The summed E-state index contributed by atoms with van der Waals surface area (Å²) in [6.07, 6.45) is 3.31. The minimum atomic E-state index is -0.111. The van der Waals surface area contributed by atoms with Crippen LogP contribution in [0.4, 0.5) is 0 Å². The summed E-state index contributed by atoms with van der Waals surface area (Å²) in [5.74, 6) is 1.31. The molecular formula is C23H30N6O3S. The fourth-order valence-corrected chi connectivity index (χ4v) is 4.50. The van der Waals surface area contributed by atoms with Crippen molar-refractivity contribution in [2.24, 2.45) is 13.0 Å². The standard InChI is InChI=1S/C23H30N6O3S/c1-17(2)10-29-13-20(31-15-18-6-4-5-9-24-18)12-28(14-21(29)30)11-19-7-8-22(32-19)33-23-26-25-16-27(23)3/h4-9,16-17,20H,10-15H2,1-3H3. The second-order valence-electron chi connectivity index (χ2n) is 8.66. The van der Waals surface area contributed by atoms with Crippen LogP contribution in [0.3, 0.4) is 0 Å². The lowest BCUT2D eigenvalue weighted by Crippen LogP contribution is -2.40. The zero-order valence-corrected chi connectivity index (χ0v) is 20.1. The summed E-state index contributed by atoms with van der Waals surface area (Å²) >= 11 is 1.42. The number of nitrogens with zero attached hydrogens (tertiary/aromatic N) is 6. The third-order valence-corrected chi connectivity index (χ3v) is 6.23. The highest BCUT2D eigenvalue weighted by Crippen LogP contribution is 2.28. The Morgan fingerprint density at radius 2 is 2.12 bits per heavy atom. The molecule has 1 saturated heterocycles. The predicted molar refractivity (Wildman–Crippen MR) is 123 cm³/mol. The highest BCUT2D eigenvalue weighted by molar-refractivity contribution is 7.99. The smallest absolute Gasteiger partial charge is 0.236 e. The molecule has 0 aromatic carbocycles. The Balaban J connectivity index is 1.42. The van der Waals surface area contributed by atoms with Crippen LogP contribution in [0.5, 0.6) is 0 Å². The molecule has 1 aliphatic rings. The minimum absolute atomic E-state index is 0.111. The van der Waals surface area contributed by atoms with Crippen LogP contribution >= 0.6 is 11.8 Å². The minimum Gasteiger partial charge on any atom is -0.453 e. The molecule has 0 spiro atoms. The third-order valence-electron chi connectivity index (χ3n) is 5.25. The van der Waals surface area contributed by atoms with Crippen molar-refractivity contribution in [3.05, 3.63) is 54.3 Å². The number of aryl methyl sites for hydroxylation is 1. The van der Waals surface area contributed by atoms with Crippen LogP contribution in [0.25, 0.3) is 0 Å². The number of amides is 1. The van der Waals surface area contributed by atoms with Gasteiger partial charge in [0.2, 0.25) is 5.91 Å². The molecule has 1 amide bonds. The quantitative estimate of drug-likeness (QED) is 0.472. The average molecular weight is 471 g/mol. The van der Waals surface area contributed by atoms with Crippen molar-refractivity contribution in [1.82, 2.24) is 29.5 Å². The third kappa shape index (κ3) is 6.66. The van der Waals surface area contributed by atoms with Crippen molar-refractivity contribution in [2.45, 2.75) is 43.4 Å². The highest BCUT2D eigenvalue weighted by Gasteiger charge is 2.29. The first kappa shape index (κ1) is 23.5. The number of furan rings is 1. The second-order valence-corrected chi connectivity index (χ2v) is 9.64. The van der Waals surface area contributed by atoms with Crippen LogP contribution in [0, 0.1) is 5.92 Å². The molecule has 1 fully saturated rings. The molecule has 4 rings (SSSR count). The zero-order valence-electron chi connectivity index (χ0n) is 19.3. The van der Waals surface area contributed by atoms with Crippen molar-refractivity contribution < 1.29 is 13.9 Å². The Bertz CT molecular complexity index is 1040. The lowest BCUT2D eigenvalue weighted by atomic mass is 10.2. The van der Waals surface area contributed by atoms with Crippen LogP contribution < -0.4 is 0 Å². The molecule has 1 atom stereocenters. The van der Waals surface area contributed by atoms with Gasteiger partial charge in [-0.1, -0.05) is 19.9 Å². The predicted octanol–water partition coefficient (Wildman–Crippen LogP) is 2.84. The van der Waals surface area contributed by atoms with E-state index >= 15 is 0 Å². The number of pyridine rings is 1. The van der Waals surface area contributed by atoms with E-state index in [4.69, 9.17) is 9.15 Å². The SMILES string of the molecule is CC(C)CN1CC(OCc2ccccn2)CN(Cc2ccc(Sc3nncn3C)o2)CC1=O. The monoisotopic (exact) mass is 470 g/mol. The molecule has 0 aliphatic carbocycles. The molecule has 9 nitrogen and oxygen atoms in total. The van der Waals surface area contributed by atoms with E-state index in [2.05, 4.69) is 33.9 Å². The van der Waals surface area contributed by atoms with Crippen molar-refractivity contribution >= 4 is 17.7 Å². The second kappa shape index (κ2) is 11.0. The van der Waals surface area contributed by atoms with Gasteiger partial charge in [-0.25, -0.2) is 0 Å². The molecule has 176 valence electrons. The summed E-state index contributed by atoms with van der Waals surface area (Å²) in [5, 5.41) is 9.47. The molecule has 3 aromatic rings. The Morgan fingerprint density at radius 3 is 2.85 bits per heavy atom. The van der Waals surface area contributed by atoms with E-state index in [1.807, 2.05) is 46.8 Å². The van der Waals surface area contributed by atoms with E-state index in [1.54, 1.807) is 12.5 Å². The first-order chi connectivity index (χ1) is 16.0. The van der Waals surface area contributed by atoms with E-state index in [0.29, 0.717) is 38.7 Å². The van der Waals surface area contributed by atoms with Gasteiger partial charge in [0.1, 0.15) is 12.1 Å². The number of carbonyl (C=O) groups excluding carboxylic acids is 1. The molecule has 1 aliphatic heterocycles. The molecule has 4 heterocycles. The summed E-state index contributed by atoms with van der Waals surface area (Å²) in [7, 11) is 1.89. The molecule has 10 heteroatoms. The number of ether oxygens (including phenoxy) is 1. The van der Waals surface area contributed by atoms with Crippen molar-refractivity contribution in [3.63, 3.8) is 0 Å². The van der Waals surface area contributed by atoms with Gasteiger partial charge in [0, 0.05) is 32.9 Å². The van der Waals surface area contributed by atoms with Gasteiger partial charge in [0.25, 0.3) is 0 Å². The maximum absolute atomic E-state index is 13.0. The average Bonchev–Trinajstić information content (AvgIpc) is 3.36. The van der Waals surface area contributed by atoms with Crippen molar-refractivity contribution in [1.29, 1.82) is 0 Å². The van der Waals surface area contributed by atoms with E-state index in [1.165, 1.54) is 11.8 Å². The Labute approximate surface area is 198 Å². The largest absolute Gasteiger partial charge is 0.453 e. The summed E-state index contributed by atoms with van der Waals surface area (Å²) in [5.41, 5.74) is 0.881. The van der Waals surface area contributed by atoms with Gasteiger partial charge in [-0.15, -0.1) is 10.2 Å². The van der Waals surface area contributed by atoms with Crippen molar-refractivity contribution in [2.75, 3.05) is 26.2 Å². The number of rotatable bonds is 9. The van der Waals surface area contributed by atoms with Crippen LogP contribution in [-0.2, 0) is 29.7 Å². The fourth-order valence-electron chi connectivity index (χ4n) is 3.75. The molecule has 0 N–H and O–H groups in total. The topological polar surface area (TPSA) is 89.5 Å². The number of hydrogen-bond acceptors (Lipinski definition) is 8. The molecule has 1 unspecified atom stereocenters. The maximum Gasteiger partial charge on any atom is 0.236 e. The van der Waals surface area contributed by atoms with Crippen LogP contribution in [0.15, 0.2) is 57.5 Å². The van der Waals surface area contributed by atoms with Crippen LogP contribution in [0.1, 0.15) is 25.3 Å². The molecule has 33 heavy (non-hydrogen) atoms. The lowest BCUT2D eigenvalue weighted by Gasteiger charge is -2.26. The number of aromatic nitrogens is 4. The van der Waals surface area contributed by atoms with Gasteiger partial charge >= 0.3 is 0 Å².